The second-order valence-corrected chi connectivity index (χ2v) is 7.78. The normalized spacial score (nSPS) is 11.8. The van der Waals surface area contributed by atoms with Gasteiger partial charge in [0.25, 0.3) is 0 Å². The lowest BCUT2D eigenvalue weighted by Gasteiger charge is -2.07. The Labute approximate surface area is 214 Å². The van der Waals surface area contributed by atoms with Gasteiger partial charge in [-0.2, -0.15) is 0 Å². The molecule has 1 rings (SSSR count). The van der Waals surface area contributed by atoms with Crippen molar-refractivity contribution < 1.29 is 19.7 Å². The van der Waals surface area contributed by atoms with E-state index in [4.69, 9.17) is 4.74 Å². The predicted octanol–water partition coefficient (Wildman–Crippen LogP) is 8.69. The Hall–Kier alpha value is -3.08. The number of nitrogens with zero attached hydrogens (tertiary/aromatic N) is 1. The summed E-state index contributed by atoms with van der Waals surface area (Å²) in [6.45, 7) is 24.7. The number of aliphatic hydroxyl groups excluding tert-OH is 1. The Morgan fingerprint density at radius 2 is 1.57 bits per heavy atom. The average Bonchev–Trinajstić information content (AvgIpc) is 2.83. The number of allylic oxidation sites excluding steroid dienone is 5. The standard InChI is InChI=1S/C22H27NO4.C4H10.2C2H6/c1-6-10-23-14-20(22(25)26)21(24)12-16(3)15(2)11-17(4)18-8-7-9-19(13-18)27-5;1-4(2)3;2*1-2/h7-9,11-14,24H,4,6,10H2,1-3,5H3,(H,25,26);4H,1-3H3;2*1-2H3/b15-11+,16-12+,21-20-,23-14?;;;. The number of hydrogen-bond acceptors (Lipinski definition) is 4. The van der Waals surface area contributed by atoms with Crippen molar-refractivity contribution in [3.8, 4) is 5.75 Å². The van der Waals surface area contributed by atoms with Crippen molar-refractivity contribution in [1.82, 2.24) is 0 Å². The molecule has 0 fully saturated rings. The van der Waals surface area contributed by atoms with Gasteiger partial charge in [-0.3, -0.25) is 4.99 Å². The molecule has 0 saturated carbocycles. The molecule has 0 aliphatic carbocycles. The summed E-state index contributed by atoms with van der Waals surface area (Å²) < 4.78 is 5.22. The lowest BCUT2D eigenvalue weighted by molar-refractivity contribution is -0.132. The van der Waals surface area contributed by atoms with Crippen molar-refractivity contribution in [2.45, 2.75) is 75.7 Å². The number of carboxylic acids is 1. The summed E-state index contributed by atoms with van der Waals surface area (Å²) in [6, 6.07) is 7.55. The lowest BCUT2D eigenvalue weighted by Crippen LogP contribution is -2.06. The van der Waals surface area contributed by atoms with Gasteiger partial charge in [-0.05, 0) is 66.7 Å². The van der Waals surface area contributed by atoms with Gasteiger partial charge in [0.05, 0.1) is 7.11 Å². The number of benzene rings is 1. The van der Waals surface area contributed by atoms with Crippen LogP contribution in [-0.2, 0) is 4.79 Å². The average molecular weight is 488 g/mol. The van der Waals surface area contributed by atoms with Gasteiger partial charge >= 0.3 is 5.97 Å². The monoisotopic (exact) mass is 487 g/mol. The van der Waals surface area contributed by atoms with Gasteiger partial charge in [-0.25, -0.2) is 4.79 Å². The maximum Gasteiger partial charge on any atom is 0.341 e. The van der Waals surface area contributed by atoms with Gasteiger partial charge in [0.2, 0.25) is 0 Å². The van der Waals surface area contributed by atoms with Crippen LogP contribution < -0.4 is 4.74 Å². The van der Waals surface area contributed by atoms with Crippen molar-refractivity contribution in [2.75, 3.05) is 13.7 Å². The summed E-state index contributed by atoms with van der Waals surface area (Å²) in [6.07, 6.45) is 5.29. The molecule has 2 N–H and O–H groups in total. The highest BCUT2D eigenvalue weighted by molar-refractivity contribution is 6.09. The molecule has 1 aromatic carbocycles. The Bertz CT molecular complexity index is 856. The van der Waals surface area contributed by atoms with Crippen LogP contribution in [-0.4, -0.2) is 36.1 Å². The Kier molecular flexibility index (Phi) is 23.7. The molecule has 5 nitrogen and oxygen atoms in total. The van der Waals surface area contributed by atoms with E-state index in [9.17, 15) is 15.0 Å². The predicted molar refractivity (Wildman–Crippen MR) is 154 cm³/mol. The zero-order valence-electron chi connectivity index (χ0n) is 23.9. The molecule has 35 heavy (non-hydrogen) atoms. The summed E-state index contributed by atoms with van der Waals surface area (Å²) in [7, 11) is 1.61. The van der Waals surface area contributed by atoms with Crippen molar-refractivity contribution in [1.29, 1.82) is 0 Å². The maximum atomic E-state index is 11.3. The van der Waals surface area contributed by atoms with E-state index in [0.717, 1.165) is 40.4 Å². The minimum absolute atomic E-state index is 0.234. The molecule has 0 amide bonds. The number of methoxy groups -OCH3 is 1. The van der Waals surface area contributed by atoms with E-state index in [1.165, 1.54) is 12.3 Å². The van der Waals surface area contributed by atoms with Crippen LogP contribution in [0.2, 0.25) is 0 Å². The van der Waals surface area contributed by atoms with Crippen molar-refractivity contribution in [3.05, 3.63) is 71.0 Å². The Balaban J connectivity index is -0.00000113. The summed E-state index contributed by atoms with van der Waals surface area (Å²) >= 11 is 0. The van der Waals surface area contributed by atoms with Gasteiger partial charge in [0, 0.05) is 12.8 Å². The molecule has 0 unspecified atom stereocenters. The second kappa shape index (κ2) is 22.7. The molecular formula is C30H49NO4. The lowest BCUT2D eigenvalue weighted by atomic mass is 10.0. The number of carbonyl (C=O) groups is 1. The van der Waals surface area contributed by atoms with Crippen LogP contribution in [0.15, 0.2) is 70.5 Å². The van der Waals surface area contributed by atoms with Crippen LogP contribution in [0.3, 0.4) is 0 Å². The molecule has 0 bridgehead atoms. The van der Waals surface area contributed by atoms with Gasteiger partial charge in [-0.15, -0.1) is 0 Å². The summed E-state index contributed by atoms with van der Waals surface area (Å²) in [5.74, 6) is 0.0171. The molecule has 0 aliphatic heterocycles. The molecule has 0 spiro atoms. The smallest absolute Gasteiger partial charge is 0.341 e. The van der Waals surface area contributed by atoms with E-state index in [2.05, 4.69) is 32.3 Å². The maximum absolute atomic E-state index is 11.3. The second-order valence-electron chi connectivity index (χ2n) is 7.78. The number of aliphatic carboxylic acids is 1. The molecule has 0 aromatic heterocycles. The largest absolute Gasteiger partial charge is 0.507 e. The molecule has 198 valence electrons. The fourth-order valence-electron chi connectivity index (χ4n) is 2.19. The fraction of sp³-hybridized carbons (Fsp3) is 0.467. The Morgan fingerprint density at radius 1 is 1.06 bits per heavy atom. The fourth-order valence-corrected chi connectivity index (χ4v) is 2.19. The topological polar surface area (TPSA) is 79.1 Å². The number of rotatable bonds is 9. The molecule has 0 radical (unpaired) electrons. The van der Waals surface area contributed by atoms with Gasteiger partial charge in [0.1, 0.15) is 17.1 Å². The molecule has 5 heteroatoms. The van der Waals surface area contributed by atoms with Crippen molar-refractivity contribution >= 4 is 17.8 Å². The van der Waals surface area contributed by atoms with E-state index in [-0.39, 0.29) is 11.3 Å². The van der Waals surface area contributed by atoms with Crippen LogP contribution in [0.5, 0.6) is 5.75 Å². The quantitative estimate of drug-likeness (QED) is 0.158. The van der Waals surface area contributed by atoms with Crippen molar-refractivity contribution in [2.24, 2.45) is 10.9 Å². The SMILES string of the molecule is C=C(/C=C(C)/C(C)=C/C(O)=C(\C=NCCC)C(=O)O)c1cccc(OC)c1.CC.CC.CC(C)C. The summed E-state index contributed by atoms with van der Waals surface area (Å²) in [5, 5.41) is 19.4. The first-order chi connectivity index (χ1) is 16.5. The minimum atomic E-state index is -1.22. The third-order valence-corrected chi connectivity index (χ3v) is 3.89. The zero-order chi connectivity index (χ0) is 28.0. The minimum Gasteiger partial charge on any atom is -0.507 e. The van der Waals surface area contributed by atoms with Crippen molar-refractivity contribution in [3.63, 3.8) is 0 Å². The first kappa shape index (κ1) is 36.5. The first-order valence-corrected chi connectivity index (χ1v) is 12.4. The number of carboxylic acid groups (broad SMARTS) is 1. The van der Waals surface area contributed by atoms with Gasteiger partial charge in [-0.1, -0.05) is 80.2 Å². The van der Waals surface area contributed by atoms with Gasteiger partial charge < -0.3 is 14.9 Å². The summed E-state index contributed by atoms with van der Waals surface area (Å²) in [5.41, 5.74) is 3.04. The highest BCUT2D eigenvalue weighted by Crippen LogP contribution is 2.23. The van der Waals surface area contributed by atoms with Crippen LogP contribution in [0, 0.1) is 5.92 Å². The number of aliphatic imine (C=N–C) groups is 1. The van der Waals surface area contributed by atoms with Gasteiger partial charge in [0.15, 0.2) is 0 Å². The van der Waals surface area contributed by atoms with E-state index in [1.54, 1.807) is 14.0 Å². The molecule has 0 aliphatic rings. The number of hydrogen-bond donors (Lipinski definition) is 2. The third kappa shape index (κ3) is 18.0. The van der Waals surface area contributed by atoms with Crippen LogP contribution in [0.1, 0.15) is 81.2 Å². The van der Waals surface area contributed by atoms with E-state index >= 15 is 0 Å². The van der Waals surface area contributed by atoms with E-state index in [1.807, 2.05) is 71.9 Å². The molecule has 0 atom stereocenters. The zero-order valence-corrected chi connectivity index (χ0v) is 23.9. The molecule has 0 saturated heterocycles. The summed E-state index contributed by atoms with van der Waals surface area (Å²) in [4.78, 5) is 15.3. The number of ether oxygens (including phenoxy) is 1. The van der Waals surface area contributed by atoms with E-state index < -0.39 is 5.97 Å². The molecule has 1 aromatic rings. The first-order valence-electron chi connectivity index (χ1n) is 12.4. The van der Waals surface area contributed by atoms with Crippen LogP contribution in [0.4, 0.5) is 0 Å². The van der Waals surface area contributed by atoms with Crippen LogP contribution >= 0.6 is 0 Å². The molecular weight excluding hydrogens is 438 g/mol. The van der Waals surface area contributed by atoms with E-state index in [0.29, 0.717) is 6.54 Å². The molecule has 0 heterocycles. The Morgan fingerprint density at radius 3 is 2.03 bits per heavy atom. The van der Waals surface area contributed by atoms with Crippen LogP contribution in [0.25, 0.3) is 5.57 Å². The number of aliphatic hydroxyl groups is 1. The highest BCUT2D eigenvalue weighted by Gasteiger charge is 2.11. The highest BCUT2D eigenvalue weighted by atomic mass is 16.5. The third-order valence-electron chi connectivity index (χ3n) is 3.89.